The Bertz CT molecular complexity index is 2670. The predicted octanol–water partition coefficient (Wildman–Crippen LogP) is 7.50. The van der Waals surface area contributed by atoms with E-state index in [1.165, 1.54) is 42.5 Å². The van der Waals surface area contributed by atoms with Gasteiger partial charge in [-0.2, -0.15) is 26.3 Å². The van der Waals surface area contributed by atoms with Crippen molar-refractivity contribution in [2.75, 3.05) is 35.8 Å². The van der Waals surface area contributed by atoms with Gasteiger partial charge in [-0.25, -0.2) is 16.8 Å². The highest BCUT2D eigenvalue weighted by molar-refractivity contribution is 7.92. The maximum absolute atomic E-state index is 13.9. The van der Waals surface area contributed by atoms with E-state index in [0.29, 0.717) is 17.7 Å². The quantitative estimate of drug-likeness (QED) is 0.163. The zero-order valence-corrected chi connectivity index (χ0v) is 32.2. The monoisotopic (exact) mass is 864 g/mol. The Morgan fingerprint density at radius 2 is 1.05 bits per heavy atom. The summed E-state index contributed by atoms with van der Waals surface area (Å²) < 4.78 is 146. The zero-order chi connectivity index (χ0) is 43.1. The molecule has 2 amide bonds. The number of hydrogen-bond acceptors (Lipinski definition) is 10. The maximum atomic E-state index is 13.9. The summed E-state index contributed by atoms with van der Waals surface area (Å²) >= 11 is 0. The second-order valence-corrected chi connectivity index (χ2v) is 16.6. The van der Waals surface area contributed by atoms with Gasteiger partial charge in [0.25, 0.3) is 11.8 Å². The number of fused-ring (bicyclic) bond motifs is 2. The van der Waals surface area contributed by atoms with Gasteiger partial charge in [-0.15, -0.1) is 0 Å². The molecule has 2 aliphatic heterocycles. The summed E-state index contributed by atoms with van der Waals surface area (Å²) in [5, 5.41) is 9.67. The third-order valence-corrected chi connectivity index (χ3v) is 12.2. The lowest BCUT2D eigenvalue weighted by atomic mass is 10.1. The van der Waals surface area contributed by atoms with Gasteiger partial charge in [-0.3, -0.25) is 19.4 Å². The fourth-order valence-electron chi connectivity index (χ4n) is 6.22. The molecule has 0 aromatic heterocycles. The number of sulfone groups is 2. The summed E-state index contributed by atoms with van der Waals surface area (Å²) in [6.07, 6.45) is -9.78. The Labute approximate surface area is 332 Å². The Morgan fingerprint density at radius 3 is 1.51 bits per heavy atom. The highest BCUT2D eigenvalue weighted by Gasteiger charge is 2.42. The second kappa shape index (κ2) is 15.8. The Hall–Kier alpha value is -6.28. The van der Waals surface area contributed by atoms with Crippen LogP contribution in [0.5, 0.6) is 23.0 Å². The minimum Gasteiger partial charge on any atom is -0.504 e. The molecule has 0 unspecified atom stereocenters. The van der Waals surface area contributed by atoms with Crippen LogP contribution in [-0.4, -0.2) is 59.7 Å². The number of carbonyl (C=O) groups is 2. The van der Waals surface area contributed by atoms with E-state index in [1.54, 1.807) is 36.4 Å². The molecule has 12 nitrogen and oxygen atoms in total. The standard InChI is InChI=1S/C23H18F3NO5S.C16H12F3NO5S/c1-31-19-12-16(22(28)27-14-33(29,30)20-10-6-5-9-18(20)27)11-17(23(24,25)26)21(19)32-13-15-7-3-2-4-8-15;1-25-12-7-9(6-10(14(12)21)16(17,18)19)15(22)20-8-26(23,24)13-5-3-2-4-11(13)20/h2-12H,13-14H2,1H3;2-7,21H,8H2,1H3. The van der Waals surface area contributed by atoms with Gasteiger partial charge < -0.3 is 19.3 Å². The molecule has 7 rings (SSSR count). The van der Waals surface area contributed by atoms with Crippen LogP contribution in [0.4, 0.5) is 37.7 Å². The van der Waals surface area contributed by atoms with Crippen molar-refractivity contribution < 1.29 is 72.1 Å². The number of rotatable bonds is 7. The number of halogens is 6. The van der Waals surface area contributed by atoms with Gasteiger partial charge in [0.05, 0.1) is 35.4 Å². The van der Waals surface area contributed by atoms with Crippen LogP contribution in [-0.2, 0) is 38.6 Å². The molecule has 59 heavy (non-hydrogen) atoms. The van der Waals surface area contributed by atoms with Crippen molar-refractivity contribution >= 4 is 42.9 Å². The van der Waals surface area contributed by atoms with Crippen LogP contribution >= 0.6 is 0 Å². The summed E-state index contributed by atoms with van der Waals surface area (Å²) in [5.74, 6) is -5.75. The van der Waals surface area contributed by atoms with E-state index in [1.807, 2.05) is 0 Å². The molecule has 0 saturated carbocycles. The Kier molecular flexibility index (Phi) is 11.3. The van der Waals surface area contributed by atoms with Crippen molar-refractivity contribution in [1.82, 2.24) is 0 Å². The van der Waals surface area contributed by atoms with Crippen molar-refractivity contribution in [1.29, 1.82) is 0 Å². The number of amides is 2. The smallest absolute Gasteiger partial charge is 0.420 e. The number of aromatic hydroxyl groups is 1. The lowest BCUT2D eigenvalue weighted by Crippen LogP contribution is -2.30. The van der Waals surface area contributed by atoms with Gasteiger partial charge in [0, 0.05) is 11.1 Å². The largest absolute Gasteiger partial charge is 0.504 e. The van der Waals surface area contributed by atoms with Gasteiger partial charge in [-0.1, -0.05) is 54.6 Å². The number of methoxy groups -OCH3 is 2. The number of anilines is 2. The van der Waals surface area contributed by atoms with Crippen LogP contribution in [0.1, 0.15) is 37.4 Å². The van der Waals surface area contributed by atoms with Gasteiger partial charge in [-0.05, 0) is 54.1 Å². The van der Waals surface area contributed by atoms with Crippen molar-refractivity contribution in [3.05, 3.63) is 131 Å². The van der Waals surface area contributed by atoms with E-state index in [-0.39, 0.29) is 39.1 Å². The predicted molar refractivity (Wildman–Crippen MR) is 199 cm³/mol. The molecule has 0 atom stereocenters. The Morgan fingerprint density at radius 1 is 0.627 bits per heavy atom. The van der Waals surface area contributed by atoms with Crippen LogP contribution in [0.25, 0.3) is 0 Å². The molecule has 310 valence electrons. The maximum Gasteiger partial charge on any atom is 0.420 e. The van der Waals surface area contributed by atoms with Crippen molar-refractivity contribution in [3.8, 4) is 23.0 Å². The summed E-state index contributed by atoms with van der Waals surface area (Å²) in [5.41, 5.74) is -2.65. The number of phenols is 1. The van der Waals surface area contributed by atoms with Gasteiger partial charge in [0.2, 0.25) is 0 Å². The van der Waals surface area contributed by atoms with Crippen LogP contribution < -0.4 is 24.0 Å². The van der Waals surface area contributed by atoms with E-state index < -0.39 is 89.5 Å². The topological polar surface area (TPSA) is 157 Å². The number of ether oxygens (including phenoxy) is 3. The third kappa shape index (κ3) is 8.49. The number of carbonyl (C=O) groups excluding carboxylic acids is 2. The first-order valence-electron chi connectivity index (χ1n) is 16.9. The second-order valence-electron chi connectivity index (χ2n) is 12.8. The van der Waals surface area contributed by atoms with E-state index in [4.69, 9.17) is 14.2 Å². The normalized spacial score (nSPS) is 15.1. The lowest BCUT2D eigenvalue weighted by molar-refractivity contribution is -0.139. The molecule has 20 heteroatoms. The van der Waals surface area contributed by atoms with Gasteiger partial charge >= 0.3 is 12.4 Å². The summed E-state index contributed by atoms with van der Waals surface area (Å²) in [7, 11) is -5.35. The molecule has 2 heterocycles. The Balaban J connectivity index is 0.000000204. The molecule has 0 aliphatic carbocycles. The fraction of sp³-hybridized carbons (Fsp3) is 0.179. The number of benzene rings is 5. The lowest BCUT2D eigenvalue weighted by Gasteiger charge is -2.21. The van der Waals surface area contributed by atoms with Crippen molar-refractivity contribution in [2.45, 2.75) is 28.8 Å². The molecular formula is C39H30F6N2O10S2. The molecule has 0 spiro atoms. The molecule has 2 aliphatic rings. The minimum absolute atomic E-state index is 0.0517. The molecular weight excluding hydrogens is 835 g/mol. The van der Waals surface area contributed by atoms with E-state index >= 15 is 0 Å². The van der Waals surface area contributed by atoms with Crippen LogP contribution in [0.2, 0.25) is 0 Å². The van der Waals surface area contributed by atoms with Gasteiger partial charge in [0.15, 0.2) is 42.7 Å². The zero-order valence-electron chi connectivity index (χ0n) is 30.5. The number of alkyl halides is 6. The van der Waals surface area contributed by atoms with E-state index in [0.717, 1.165) is 36.2 Å². The molecule has 1 N–H and O–H groups in total. The van der Waals surface area contributed by atoms with E-state index in [2.05, 4.69) is 0 Å². The number of phenolic OH excluding ortho intramolecular Hbond substituents is 1. The van der Waals surface area contributed by atoms with E-state index in [9.17, 15) is 57.9 Å². The SMILES string of the molecule is COc1cc(C(=O)N2CS(=O)(=O)c3ccccc32)cc(C(F)(F)F)c1O.COc1cc(C(=O)N2CS(=O)(=O)c3ccccc32)cc(C(F)(F)F)c1OCc1ccccc1. The highest BCUT2D eigenvalue weighted by atomic mass is 32.2. The third-order valence-electron chi connectivity index (χ3n) is 8.97. The molecule has 5 aromatic carbocycles. The molecule has 0 fully saturated rings. The molecule has 0 radical (unpaired) electrons. The first kappa shape index (κ1) is 42.3. The number of para-hydroxylation sites is 2. The van der Waals surface area contributed by atoms with Crippen LogP contribution in [0.3, 0.4) is 0 Å². The number of nitrogens with zero attached hydrogens (tertiary/aromatic N) is 2. The summed E-state index contributed by atoms with van der Waals surface area (Å²) in [6.45, 7) is -0.148. The van der Waals surface area contributed by atoms with Crippen LogP contribution in [0, 0.1) is 0 Å². The minimum atomic E-state index is -4.93. The first-order valence-corrected chi connectivity index (χ1v) is 20.2. The summed E-state index contributed by atoms with van der Waals surface area (Å²) in [4.78, 5) is 27.5. The van der Waals surface area contributed by atoms with Crippen molar-refractivity contribution in [3.63, 3.8) is 0 Å². The average molecular weight is 865 g/mol. The molecule has 0 saturated heterocycles. The average Bonchev–Trinajstić information content (AvgIpc) is 3.64. The van der Waals surface area contributed by atoms with Crippen LogP contribution in [0.15, 0.2) is 113 Å². The highest BCUT2D eigenvalue weighted by Crippen LogP contribution is 2.45. The molecule has 5 aromatic rings. The fourth-order valence-corrected chi connectivity index (χ4v) is 9.26. The molecule has 0 bridgehead atoms. The number of hydrogen-bond donors (Lipinski definition) is 1. The van der Waals surface area contributed by atoms with Gasteiger partial charge in [0.1, 0.15) is 29.5 Å². The van der Waals surface area contributed by atoms with Crippen molar-refractivity contribution in [2.24, 2.45) is 0 Å². The summed E-state index contributed by atoms with van der Waals surface area (Å²) in [6, 6.07) is 23.3. The first-order chi connectivity index (χ1) is 27.7.